The van der Waals surface area contributed by atoms with Crippen molar-refractivity contribution in [2.24, 2.45) is 5.41 Å². The number of piperidine rings is 2. The van der Waals surface area contributed by atoms with Crippen LogP contribution >= 0.6 is 18.9 Å². The van der Waals surface area contributed by atoms with Gasteiger partial charge < -0.3 is 35.1 Å². The normalized spacial score (nSPS) is 19.6. The van der Waals surface area contributed by atoms with Crippen LogP contribution in [0.5, 0.6) is 0 Å². The molecule has 0 spiro atoms. The lowest BCUT2D eigenvalue weighted by atomic mass is 9.85. The van der Waals surface area contributed by atoms with Gasteiger partial charge in [0.25, 0.3) is 17.7 Å². The number of imide groups is 2. The highest BCUT2D eigenvalue weighted by atomic mass is 32.1. The van der Waals surface area contributed by atoms with E-state index in [1.807, 2.05) is 30.3 Å². The zero-order valence-electron chi connectivity index (χ0n) is 41.8. The fourth-order valence-corrected chi connectivity index (χ4v) is 11.3. The molecule has 4 aliphatic heterocycles. The Balaban J connectivity index is 0.921. The SMILES string of the molecule is CC(C)(C)[C@H](NC(=O)c1cc2cc(C(F)(F)P(=O)(O)O)ccc2s1)C(=O)N1CCN(C(=O)CC(=O)NCCCC#Cc2cccc3c2C(=O)N(C2CCC(=O)NC2=O)C3=O)C[C@H]1C(=O)N1CCC[C@H](c2ccccc2)C1. The van der Waals surface area contributed by atoms with Gasteiger partial charge in [-0.05, 0) is 72.4 Å². The molecule has 3 aromatic carbocycles. The van der Waals surface area contributed by atoms with Gasteiger partial charge in [-0.2, -0.15) is 8.78 Å². The third kappa shape index (κ3) is 11.6. The number of alkyl halides is 2. The molecule has 400 valence electrons. The maximum Gasteiger partial charge on any atom is 0.399 e. The molecule has 1 aromatic heterocycles. The Hall–Kier alpha value is -7.18. The summed E-state index contributed by atoms with van der Waals surface area (Å²) in [7, 11) is -5.87. The van der Waals surface area contributed by atoms with E-state index in [1.54, 1.807) is 37.8 Å². The van der Waals surface area contributed by atoms with Gasteiger partial charge in [-0.3, -0.25) is 57.9 Å². The minimum atomic E-state index is -5.87. The Bertz CT molecular complexity index is 3150. The Kier molecular flexibility index (Phi) is 16.1. The van der Waals surface area contributed by atoms with Crippen LogP contribution in [-0.2, 0) is 39.0 Å². The van der Waals surface area contributed by atoms with Crippen LogP contribution in [0.25, 0.3) is 10.1 Å². The zero-order valence-corrected chi connectivity index (χ0v) is 43.5. The van der Waals surface area contributed by atoms with Crippen LogP contribution in [0.1, 0.15) is 119 Å². The molecule has 5 N–H and O–H groups in total. The molecule has 8 rings (SSSR count). The smallest absolute Gasteiger partial charge is 0.356 e. The van der Waals surface area contributed by atoms with Crippen LogP contribution in [0, 0.1) is 17.3 Å². The number of carbonyl (C=O) groups is 9. The summed E-state index contributed by atoms with van der Waals surface area (Å²) in [5.74, 6) is 0.370. The molecule has 1 unspecified atom stereocenters. The monoisotopic (exact) mass is 1080 g/mol. The molecule has 4 aliphatic rings. The van der Waals surface area contributed by atoms with Gasteiger partial charge in [0.05, 0.1) is 22.5 Å². The summed E-state index contributed by atoms with van der Waals surface area (Å²) in [6.45, 7) is 5.60. The molecule has 19 nitrogen and oxygen atoms in total. The number of nitrogens with one attached hydrogen (secondary N) is 3. The van der Waals surface area contributed by atoms with Gasteiger partial charge in [-0.1, -0.05) is 75.1 Å². The number of amides is 9. The van der Waals surface area contributed by atoms with Crippen molar-refractivity contribution in [3.63, 3.8) is 0 Å². The number of benzene rings is 3. The molecule has 0 saturated carbocycles. The second-order valence-electron chi connectivity index (χ2n) is 20.2. The number of hydrogen-bond acceptors (Lipinski definition) is 11. The molecule has 9 amide bonds. The molecule has 76 heavy (non-hydrogen) atoms. The van der Waals surface area contributed by atoms with E-state index in [1.165, 1.54) is 28.0 Å². The van der Waals surface area contributed by atoms with Crippen molar-refractivity contribution in [1.82, 2.24) is 35.6 Å². The van der Waals surface area contributed by atoms with E-state index in [2.05, 4.69) is 27.8 Å². The van der Waals surface area contributed by atoms with Crippen molar-refractivity contribution in [2.45, 2.75) is 95.4 Å². The van der Waals surface area contributed by atoms with E-state index < -0.39 is 102 Å². The fraction of sp³-hybridized carbons (Fsp3) is 0.415. The lowest BCUT2D eigenvalue weighted by molar-refractivity contribution is -0.155. The van der Waals surface area contributed by atoms with Gasteiger partial charge >= 0.3 is 13.3 Å². The summed E-state index contributed by atoms with van der Waals surface area (Å²) in [5, 5.41) is 7.78. The maximum absolute atomic E-state index is 14.9. The largest absolute Gasteiger partial charge is 0.399 e. The maximum atomic E-state index is 14.9. The number of carbonyl (C=O) groups excluding carboxylic acids is 9. The number of hydrogen-bond donors (Lipinski definition) is 5. The van der Waals surface area contributed by atoms with Crippen LogP contribution in [0.3, 0.4) is 0 Å². The van der Waals surface area contributed by atoms with E-state index in [4.69, 9.17) is 0 Å². The standard InChI is InChI=1S/C53H56F2N7O12PS/c1-52(2,3)45(58-47(67)40-27-34-26-35(18-20-39(34)76-40)53(54,55)75(72,73)74)51(71)61-25-24-59(30-38(61)49(69)60-23-11-16-33(29-60)31-12-6-4-7-13-31)43(65)28-42(64)56-22-9-5-8-14-32-15-10-17-36-44(32)50(70)62(48(36)68)37-19-21-41(63)57-46(37)66/h4,6-7,10,12-13,15,17-18,20,26-27,33,37-38,45H,5,9,11,16,19,21-25,28-30H2,1-3H3,(H,56,64)(H,58,67)(H,57,63,66)(H2,72,73,74)/t33-,37?,38-,45+/m0/s1. The highest BCUT2D eigenvalue weighted by Gasteiger charge is 2.51. The second-order valence-corrected chi connectivity index (χ2v) is 23.0. The quantitative estimate of drug-likeness (QED) is 0.0409. The molecule has 4 aromatic rings. The number of piperazine rings is 1. The molecule has 0 bridgehead atoms. The van der Waals surface area contributed by atoms with Crippen LogP contribution in [0.4, 0.5) is 8.78 Å². The van der Waals surface area contributed by atoms with Crippen molar-refractivity contribution < 1.29 is 66.3 Å². The van der Waals surface area contributed by atoms with E-state index in [9.17, 15) is 66.3 Å². The van der Waals surface area contributed by atoms with Crippen LogP contribution in [-0.4, -0.2) is 140 Å². The first-order chi connectivity index (χ1) is 35.9. The number of halogens is 2. The van der Waals surface area contributed by atoms with Gasteiger partial charge in [0.1, 0.15) is 24.5 Å². The summed E-state index contributed by atoms with van der Waals surface area (Å²) < 4.78 is 41.1. The summed E-state index contributed by atoms with van der Waals surface area (Å²) in [5.41, 5.74) is -4.90. The summed E-state index contributed by atoms with van der Waals surface area (Å²) in [4.78, 5) is 145. The molecular weight excluding hydrogens is 1030 g/mol. The van der Waals surface area contributed by atoms with E-state index >= 15 is 0 Å². The number of likely N-dealkylation sites (tertiary alicyclic amines) is 1. The lowest BCUT2D eigenvalue weighted by Gasteiger charge is -2.45. The first-order valence-electron chi connectivity index (χ1n) is 24.7. The van der Waals surface area contributed by atoms with Gasteiger partial charge in [-0.25, -0.2) is 0 Å². The topological polar surface area (TPSA) is 260 Å². The number of unbranched alkanes of at least 4 members (excludes halogenated alkanes) is 1. The van der Waals surface area contributed by atoms with Crippen molar-refractivity contribution in [3.05, 3.63) is 105 Å². The van der Waals surface area contributed by atoms with Crippen LogP contribution in [0.15, 0.2) is 72.8 Å². The highest BCUT2D eigenvalue weighted by molar-refractivity contribution is 7.52. The minimum Gasteiger partial charge on any atom is -0.356 e. The highest BCUT2D eigenvalue weighted by Crippen LogP contribution is 2.59. The van der Waals surface area contributed by atoms with Crippen molar-refractivity contribution >= 4 is 82.2 Å². The first kappa shape index (κ1) is 55.1. The fourth-order valence-electron chi connectivity index (χ4n) is 9.89. The summed E-state index contributed by atoms with van der Waals surface area (Å²) >= 11 is 0.921. The lowest BCUT2D eigenvalue weighted by Crippen LogP contribution is -2.66. The van der Waals surface area contributed by atoms with Crippen LogP contribution in [0.2, 0.25) is 0 Å². The Morgan fingerprint density at radius 3 is 2.36 bits per heavy atom. The Morgan fingerprint density at radius 2 is 1.64 bits per heavy atom. The molecule has 0 aliphatic carbocycles. The van der Waals surface area contributed by atoms with Crippen molar-refractivity contribution in [3.8, 4) is 11.8 Å². The number of thiophene rings is 1. The summed E-state index contributed by atoms with van der Waals surface area (Å²) in [6, 6.07) is 15.0. The third-order valence-electron chi connectivity index (χ3n) is 14.0. The average molecular weight is 1080 g/mol. The number of nitrogens with zero attached hydrogens (tertiary/aromatic N) is 4. The van der Waals surface area contributed by atoms with E-state index in [-0.39, 0.29) is 78.3 Å². The van der Waals surface area contributed by atoms with Crippen molar-refractivity contribution in [2.75, 3.05) is 39.3 Å². The summed E-state index contributed by atoms with van der Waals surface area (Å²) in [6.07, 6.45) is 1.52. The van der Waals surface area contributed by atoms with Crippen molar-refractivity contribution in [1.29, 1.82) is 0 Å². The molecule has 3 saturated heterocycles. The number of fused-ring (bicyclic) bond motifs is 2. The average Bonchev–Trinajstić information content (AvgIpc) is 3.94. The molecule has 3 fully saturated rings. The number of rotatable bonds is 13. The molecule has 5 heterocycles. The Morgan fingerprint density at radius 1 is 0.895 bits per heavy atom. The zero-order chi connectivity index (χ0) is 54.9. The molecular formula is C53H56F2N7O12PS. The third-order valence-corrected chi connectivity index (χ3v) is 16.1. The van der Waals surface area contributed by atoms with Gasteiger partial charge in [0, 0.05) is 67.3 Å². The molecule has 23 heteroatoms. The second kappa shape index (κ2) is 22.2. The van der Waals surface area contributed by atoms with E-state index in [0.29, 0.717) is 30.6 Å². The van der Waals surface area contributed by atoms with Gasteiger partial charge in [0.15, 0.2) is 0 Å². The minimum absolute atomic E-state index is 0.00724. The predicted molar refractivity (Wildman–Crippen MR) is 272 cm³/mol. The Labute approximate surface area is 439 Å². The van der Waals surface area contributed by atoms with Gasteiger partial charge in [0.2, 0.25) is 35.4 Å². The van der Waals surface area contributed by atoms with E-state index in [0.717, 1.165) is 40.4 Å². The first-order valence-corrected chi connectivity index (χ1v) is 27.2. The van der Waals surface area contributed by atoms with Gasteiger partial charge in [-0.15, -0.1) is 11.3 Å². The predicted octanol–water partition coefficient (Wildman–Crippen LogP) is 4.46. The molecule has 0 radical (unpaired) electrons. The molecule has 4 atom stereocenters. The van der Waals surface area contributed by atoms with Crippen LogP contribution < -0.4 is 16.0 Å².